The number of hydrogen-bond acceptors (Lipinski definition) is 3. The number of nitrogens with two attached hydrogens (primary N) is 1. The quantitative estimate of drug-likeness (QED) is 0.631. The Labute approximate surface area is 57.9 Å². The van der Waals surface area contributed by atoms with Crippen molar-refractivity contribution in [2.24, 2.45) is 7.05 Å². The van der Waals surface area contributed by atoms with Crippen LogP contribution >= 0.6 is 0 Å². The maximum absolute atomic E-state index is 11.7. The Bertz CT molecular complexity index is 219. The molecule has 0 radical (unpaired) electrons. The molecule has 1 heterocycles. The molecule has 0 unspecified atom stereocenters. The van der Waals surface area contributed by atoms with E-state index in [1.54, 1.807) is 7.05 Å². The molecule has 10 heavy (non-hydrogen) atoms. The lowest BCUT2D eigenvalue weighted by molar-refractivity contribution is 0.480. The number of nitrogen functional groups attached to an aromatic ring is 1. The first-order chi connectivity index (χ1) is 4.74. The number of anilines is 1. The topological polar surface area (TPSA) is 56.7 Å². The van der Waals surface area contributed by atoms with Crippen LogP contribution < -0.4 is 5.73 Å². The highest BCUT2D eigenvalue weighted by Crippen LogP contribution is 1.97. The first kappa shape index (κ1) is 6.98. The van der Waals surface area contributed by atoms with E-state index in [0.717, 1.165) is 0 Å². The molecule has 0 aliphatic rings. The second-order valence-electron chi connectivity index (χ2n) is 1.95. The molecule has 0 amide bonds. The van der Waals surface area contributed by atoms with E-state index in [1.807, 2.05) is 0 Å². The molecule has 56 valence electrons. The normalized spacial score (nSPS) is 10.2. The van der Waals surface area contributed by atoms with E-state index in [4.69, 9.17) is 5.73 Å². The number of nitrogens with zero attached hydrogens (tertiary/aromatic N) is 3. The Balaban J connectivity index is 2.81. The second kappa shape index (κ2) is 2.64. The van der Waals surface area contributed by atoms with Gasteiger partial charge in [0.25, 0.3) is 0 Å². The van der Waals surface area contributed by atoms with Crippen LogP contribution in [0.2, 0.25) is 0 Å². The molecular weight excluding hydrogens is 135 g/mol. The van der Waals surface area contributed by atoms with Crippen molar-refractivity contribution in [3.8, 4) is 0 Å². The fraction of sp³-hybridized carbons (Fsp3) is 0.600. The predicted molar refractivity (Wildman–Crippen MR) is 35.1 cm³/mol. The Morgan fingerprint density at radius 3 is 2.80 bits per heavy atom. The zero-order valence-corrected chi connectivity index (χ0v) is 5.71. The van der Waals surface area contributed by atoms with E-state index < -0.39 is 6.67 Å². The Kier molecular flexibility index (Phi) is 1.84. The fourth-order valence-corrected chi connectivity index (χ4v) is 0.741. The van der Waals surface area contributed by atoms with Gasteiger partial charge in [0.1, 0.15) is 5.82 Å². The monoisotopic (exact) mass is 144 g/mol. The van der Waals surface area contributed by atoms with Gasteiger partial charge in [0.05, 0.1) is 6.67 Å². The minimum Gasteiger partial charge on any atom is -0.366 e. The SMILES string of the molecule is Cn1nc(N)nc1CCF. The van der Waals surface area contributed by atoms with Gasteiger partial charge in [-0.05, 0) is 0 Å². The molecule has 1 rings (SSSR count). The third kappa shape index (κ3) is 1.23. The van der Waals surface area contributed by atoms with Gasteiger partial charge >= 0.3 is 0 Å². The van der Waals surface area contributed by atoms with Gasteiger partial charge in [-0.3, -0.25) is 9.07 Å². The highest BCUT2D eigenvalue weighted by atomic mass is 19.1. The molecule has 0 atom stereocenters. The van der Waals surface area contributed by atoms with Crippen molar-refractivity contribution in [1.29, 1.82) is 0 Å². The molecular formula is C5H9FN4. The van der Waals surface area contributed by atoms with Crippen molar-refractivity contribution < 1.29 is 4.39 Å². The maximum Gasteiger partial charge on any atom is 0.239 e. The lowest BCUT2D eigenvalue weighted by Gasteiger charge is -1.92. The van der Waals surface area contributed by atoms with Crippen LogP contribution in [-0.2, 0) is 13.5 Å². The minimum absolute atomic E-state index is 0.200. The van der Waals surface area contributed by atoms with Crippen LogP contribution in [0.4, 0.5) is 10.3 Å². The van der Waals surface area contributed by atoms with Gasteiger partial charge in [-0.2, -0.15) is 4.98 Å². The van der Waals surface area contributed by atoms with Gasteiger partial charge in [-0.15, -0.1) is 5.10 Å². The zero-order valence-electron chi connectivity index (χ0n) is 5.71. The molecule has 1 aromatic heterocycles. The summed E-state index contributed by atoms with van der Waals surface area (Å²) in [7, 11) is 1.69. The van der Waals surface area contributed by atoms with Gasteiger partial charge in [-0.1, -0.05) is 0 Å². The molecule has 0 bridgehead atoms. The number of halogens is 1. The molecule has 0 aliphatic heterocycles. The average Bonchev–Trinajstić information content (AvgIpc) is 2.13. The van der Waals surface area contributed by atoms with Gasteiger partial charge in [-0.25, -0.2) is 0 Å². The summed E-state index contributed by atoms with van der Waals surface area (Å²) in [6, 6.07) is 0. The Morgan fingerprint density at radius 2 is 2.40 bits per heavy atom. The highest BCUT2D eigenvalue weighted by molar-refractivity contribution is 5.13. The second-order valence-corrected chi connectivity index (χ2v) is 1.95. The molecule has 0 spiro atoms. The number of aromatic nitrogens is 3. The summed E-state index contributed by atoms with van der Waals surface area (Å²) in [5, 5.41) is 3.75. The van der Waals surface area contributed by atoms with Crippen LogP contribution in [0.1, 0.15) is 5.82 Å². The highest BCUT2D eigenvalue weighted by Gasteiger charge is 2.02. The number of hydrogen-bond donors (Lipinski definition) is 1. The molecule has 0 aromatic carbocycles. The molecule has 0 aliphatic carbocycles. The number of alkyl halides is 1. The third-order valence-electron chi connectivity index (χ3n) is 1.19. The van der Waals surface area contributed by atoms with Crippen molar-refractivity contribution >= 4 is 5.95 Å². The lowest BCUT2D eigenvalue weighted by Crippen LogP contribution is -2.00. The van der Waals surface area contributed by atoms with Crippen molar-refractivity contribution in [3.63, 3.8) is 0 Å². The van der Waals surface area contributed by atoms with Crippen LogP contribution in [0.3, 0.4) is 0 Å². The molecule has 5 heteroatoms. The number of aryl methyl sites for hydroxylation is 2. The Morgan fingerprint density at radius 1 is 1.70 bits per heavy atom. The van der Waals surface area contributed by atoms with Crippen molar-refractivity contribution in [1.82, 2.24) is 14.8 Å². The summed E-state index contributed by atoms with van der Waals surface area (Å²) >= 11 is 0. The van der Waals surface area contributed by atoms with Crippen LogP contribution in [0.25, 0.3) is 0 Å². The summed E-state index contributed by atoms with van der Waals surface area (Å²) in [4.78, 5) is 3.79. The van der Waals surface area contributed by atoms with Gasteiger partial charge in [0.15, 0.2) is 0 Å². The van der Waals surface area contributed by atoms with Crippen molar-refractivity contribution in [2.75, 3.05) is 12.4 Å². The van der Waals surface area contributed by atoms with E-state index in [9.17, 15) is 4.39 Å². The van der Waals surface area contributed by atoms with Crippen molar-refractivity contribution in [3.05, 3.63) is 5.82 Å². The van der Waals surface area contributed by atoms with Crippen LogP contribution in [0.15, 0.2) is 0 Å². The largest absolute Gasteiger partial charge is 0.366 e. The zero-order chi connectivity index (χ0) is 7.56. The van der Waals surface area contributed by atoms with Crippen LogP contribution in [0.5, 0.6) is 0 Å². The Hall–Kier alpha value is -1.13. The van der Waals surface area contributed by atoms with E-state index in [2.05, 4.69) is 10.1 Å². The molecule has 0 fully saturated rings. The summed E-state index contributed by atoms with van der Waals surface area (Å²) in [6.07, 6.45) is 0.278. The van der Waals surface area contributed by atoms with Crippen molar-refractivity contribution in [2.45, 2.75) is 6.42 Å². The first-order valence-corrected chi connectivity index (χ1v) is 2.95. The molecule has 0 saturated carbocycles. The maximum atomic E-state index is 11.7. The van der Waals surface area contributed by atoms with E-state index in [1.165, 1.54) is 4.68 Å². The molecule has 2 N–H and O–H groups in total. The number of rotatable bonds is 2. The molecule has 0 saturated heterocycles. The average molecular weight is 144 g/mol. The molecule has 1 aromatic rings. The summed E-state index contributed by atoms with van der Waals surface area (Å²) in [6.45, 7) is -0.425. The van der Waals surface area contributed by atoms with Crippen LogP contribution in [0, 0.1) is 0 Å². The van der Waals surface area contributed by atoms with Gasteiger partial charge in [0, 0.05) is 13.5 Å². The standard InChI is InChI=1S/C5H9FN4/c1-10-4(2-3-6)8-5(7)9-10/h2-3H2,1H3,(H2,7,9). The van der Waals surface area contributed by atoms with Gasteiger partial charge < -0.3 is 5.73 Å². The predicted octanol–water partition coefficient (Wildman–Crippen LogP) is -0.0907. The van der Waals surface area contributed by atoms with Gasteiger partial charge in [0.2, 0.25) is 5.95 Å². The van der Waals surface area contributed by atoms with E-state index >= 15 is 0 Å². The smallest absolute Gasteiger partial charge is 0.239 e. The van der Waals surface area contributed by atoms with E-state index in [0.29, 0.717) is 5.82 Å². The van der Waals surface area contributed by atoms with Crippen LogP contribution in [-0.4, -0.2) is 21.4 Å². The third-order valence-corrected chi connectivity index (χ3v) is 1.19. The summed E-state index contributed by atoms with van der Waals surface area (Å²) in [5.41, 5.74) is 5.24. The summed E-state index contributed by atoms with van der Waals surface area (Å²) in [5.74, 6) is 0.783. The molecule has 4 nitrogen and oxygen atoms in total. The first-order valence-electron chi connectivity index (χ1n) is 2.95. The fourth-order valence-electron chi connectivity index (χ4n) is 0.741. The summed E-state index contributed by atoms with van der Waals surface area (Å²) < 4.78 is 13.2. The minimum atomic E-state index is -0.425. The van der Waals surface area contributed by atoms with E-state index in [-0.39, 0.29) is 12.4 Å². The lowest BCUT2D eigenvalue weighted by atomic mass is 10.4.